The van der Waals surface area contributed by atoms with Gasteiger partial charge in [-0.3, -0.25) is 4.79 Å². The van der Waals surface area contributed by atoms with Gasteiger partial charge >= 0.3 is 0 Å². The Balaban J connectivity index is 2.44. The molecular weight excluding hydrogens is 202 g/mol. The molecule has 16 heavy (non-hydrogen) atoms. The molecule has 1 fully saturated rings. The maximum absolute atomic E-state index is 11.3. The first kappa shape index (κ1) is 10.2. The molecule has 1 aromatic carbocycles. The lowest BCUT2D eigenvalue weighted by atomic mass is 10.00. The smallest absolute Gasteiger partial charge is 0.239 e. The van der Waals surface area contributed by atoms with Crippen LogP contribution < -0.4 is 5.73 Å². The Kier molecular flexibility index (Phi) is 2.14. The topological polar surface area (TPSA) is 90.7 Å². The van der Waals surface area contributed by atoms with Crippen LogP contribution in [0.2, 0.25) is 0 Å². The molecule has 0 bridgehead atoms. The number of nitriles is 2. The second-order valence-corrected chi connectivity index (χ2v) is 3.84. The average Bonchev–Trinajstić information content (AvgIpc) is 2.99. The highest BCUT2D eigenvalue weighted by molar-refractivity contribution is 5.90. The number of benzene rings is 1. The van der Waals surface area contributed by atoms with Crippen molar-refractivity contribution in [2.45, 2.75) is 5.92 Å². The summed E-state index contributed by atoms with van der Waals surface area (Å²) in [6, 6.07) is 13.0. The van der Waals surface area contributed by atoms with E-state index in [2.05, 4.69) is 0 Å². The second kappa shape index (κ2) is 3.36. The SMILES string of the molecule is N#C[C@@H]1[C@@H](c2ccccc2)[C@@]1(C#N)C(N)=O. The Morgan fingerprint density at radius 1 is 1.31 bits per heavy atom. The molecule has 4 nitrogen and oxygen atoms in total. The van der Waals surface area contributed by atoms with Gasteiger partial charge in [-0.15, -0.1) is 0 Å². The van der Waals surface area contributed by atoms with E-state index < -0.39 is 17.2 Å². The lowest BCUT2D eigenvalue weighted by molar-refractivity contribution is -0.121. The second-order valence-electron chi connectivity index (χ2n) is 3.84. The maximum Gasteiger partial charge on any atom is 0.239 e. The number of rotatable bonds is 2. The molecule has 3 atom stereocenters. The van der Waals surface area contributed by atoms with Crippen molar-refractivity contribution >= 4 is 5.91 Å². The summed E-state index contributed by atoms with van der Waals surface area (Å²) in [5.41, 5.74) is 4.70. The predicted molar refractivity (Wildman–Crippen MR) is 55.5 cm³/mol. The summed E-state index contributed by atoms with van der Waals surface area (Å²) in [5, 5.41) is 18.0. The standard InChI is InChI=1S/C12H9N3O/c13-6-9-10(8-4-2-1-3-5-8)12(9,7-14)11(15)16/h1-5,9-10H,(H2,15,16)/t9-,10-,12+/m1/s1. The van der Waals surface area contributed by atoms with Crippen LogP contribution >= 0.6 is 0 Å². The monoisotopic (exact) mass is 211 g/mol. The van der Waals surface area contributed by atoms with E-state index in [1.807, 2.05) is 30.3 Å². The van der Waals surface area contributed by atoms with E-state index in [1.165, 1.54) is 0 Å². The minimum absolute atomic E-state index is 0.388. The van der Waals surface area contributed by atoms with Crippen molar-refractivity contribution in [3.8, 4) is 12.1 Å². The molecular formula is C12H9N3O. The summed E-state index contributed by atoms with van der Waals surface area (Å²) < 4.78 is 0. The van der Waals surface area contributed by atoms with Crippen LogP contribution in [-0.2, 0) is 4.79 Å². The van der Waals surface area contributed by atoms with Gasteiger partial charge in [-0.05, 0) is 5.56 Å². The molecule has 0 radical (unpaired) electrons. The van der Waals surface area contributed by atoms with Crippen molar-refractivity contribution in [3.05, 3.63) is 35.9 Å². The van der Waals surface area contributed by atoms with Crippen LogP contribution in [0.1, 0.15) is 11.5 Å². The van der Waals surface area contributed by atoms with Crippen molar-refractivity contribution < 1.29 is 4.79 Å². The van der Waals surface area contributed by atoms with Crippen molar-refractivity contribution in [1.82, 2.24) is 0 Å². The van der Waals surface area contributed by atoms with Crippen molar-refractivity contribution in [2.24, 2.45) is 17.1 Å². The van der Waals surface area contributed by atoms with E-state index in [4.69, 9.17) is 16.3 Å². The molecule has 0 saturated heterocycles. The first-order valence-electron chi connectivity index (χ1n) is 4.84. The number of primary amides is 1. The largest absolute Gasteiger partial charge is 0.368 e. The lowest BCUT2D eigenvalue weighted by Crippen LogP contribution is -2.26. The third-order valence-corrected chi connectivity index (χ3v) is 3.10. The maximum atomic E-state index is 11.3. The van der Waals surface area contributed by atoms with Crippen molar-refractivity contribution in [2.75, 3.05) is 0 Å². The van der Waals surface area contributed by atoms with E-state index in [0.717, 1.165) is 5.56 Å². The van der Waals surface area contributed by atoms with Crippen LogP contribution in [0.15, 0.2) is 30.3 Å². The molecule has 78 valence electrons. The molecule has 1 saturated carbocycles. The molecule has 0 heterocycles. The van der Waals surface area contributed by atoms with E-state index in [0.29, 0.717) is 0 Å². The highest BCUT2D eigenvalue weighted by Gasteiger charge is 2.71. The Labute approximate surface area is 92.9 Å². The van der Waals surface area contributed by atoms with E-state index in [-0.39, 0.29) is 5.92 Å². The summed E-state index contributed by atoms with van der Waals surface area (Å²) in [5.74, 6) is -1.73. The zero-order valence-electron chi connectivity index (χ0n) is 8.42. The highest BCUT2D eigenvalue weighted by Crippen LogP contribution is 2.63. The summed E-state index contributed by atoms with van der Waals surface area (Å²) in [4.78, 5) is 11.3. The summed E-state index contributed by atoms with van der Waals surface area (Å²) in [6.07, 6.45) is 0. The Hall–Kier alpha value is -2.33. The fourth-order valence-electron chi connectivity index (χ4n) is 2.18. The van der Waals surface area contributed by atoms with Gasteiger partial charge in [0.25, 0.3) is 0 Å². The zero-order chi connectivity index (χ0) is 11.8. The van der Waals surface area contributed by atoms with Gasteiger partial charge in [0.15, 0.2) is 5.41 Å². The van der Waals surface area contributed by atoms with Crippen LogP contribution in [0.4, 0.5) is 0 Å². The number of carbonyl (C=O) groups excluding carboxylic acids is 1. The number of nitrogens with two attached hydrogens (primary N) is 1. The minimum Gasteiger partial charge on any atom is -0.368 e. The lowest BCUT2D eigenvalue weighted by Gasteiger charge is -2.02. The molecule has 0 spiro atoms. The van der Waals surface area contributed by atoms with Gasteiger partial charge in [0, 0.05) is 5.92 Å². The molecule has 0 aromatic heterocycles. The van der Waals surface area contributed by atoms with Gasteiger partial charge in [0.2, 0.25) is 5.91 Å². The minimum atomic E-state index is -1.34. The van der Waals surface area contributed by atoms with Gasteiger partial charge < -0.3 is 5.73 Å². The number of amides is 1. The quantitative estimate of drug-likeness (QED) is 0.788. The van der Waals surface area contributed by atoms with E-state index in [9.17, 15) is 4.79 Å². The Morgan fingerprint density at radius 2 is 1.94 bits per heavy atom. The number of hydrogen-bond donors (Lipinski definition) is 1. The summed E-state index contributed by atoms with van der Waals surface area (Å²) in [7, 11) is 0. The summed E-state index contributed by atoms with van der Waals surface area (Å²) >= 11 is 0. The van der Waals surface area contributed by atoms with Crippen LogP contribution in [0.25, 0.3) is 0 Å². The first-order chi connectivity index (χ1) is 7.68. The Morgan fingerprint density at radius 3 is 2.31 bits per heavy atom. The van der Waals surface area contributed by atoms with E-state index >= 15 is 0 Å². The third kappa shape index (κ3) is 1.11. The molecule has 2 N–H and O–H groups in total. The molecule has 1 aliphatic rings. The van der Waals surface area contributed by atoms with Gasteiger partial charge in [0.1, 0.15) is 0 Å². The molecule has 0 aliphatic heterocycles. The highest BCUT2D eigenvalue weighted by atomic mass is 16.1. The fraction of sp³-hybridized carbons (Fsp3) is 0.250. The summed E-state index contributed by atoms with van der Waals surface area (Å²) in [6.45, 7) is 0. The third-order valence-electron chi connectivity index (χ3n) is 3.10. The van der Waals surface area contributed by atoms with Crippen LogP contribution in [0, 0.1) is 34.0 Å². The predicted octanol–water partition coefficient (Wildman–Crippen LogP) is 0.919. The molecule has 4 heteroatoms. The van der Waals surface area contributed by atoms with Crippen LogP contribution in [0.3, 0.4) is 0 Å². The van der Waals surface area contributed by atoms with Crippen molar-refractivity contribution in [1.29, 1.82) is 10.5 Å². The number of nitrogens with zero attached hydrogens (tertiary/aromatic N) is 2. The van der Waals surface area contributed by atoms with Gasteiger partial charge in [0.05, 0.1) is 18.1 Å². The zero-order valence-corrected chi connectivity index (χ0v) is 8.42. The fourth-order valence-corrected chi connectivity index (χ4v) is 2.18. The van der Waals surface area contributed by atoms with Crippen molar-refractivity contribution in [3.63, 3.8) is 0 Å². The molecule has 1 aliphatic carbocycles. The van der Waals surface area contributed by atoms with Gasteiger partial charge in [-0.1, -0.05) is 30.3 Å². The first-order valence-corrected chi connectivity index (χ1v) is 4.84. The molecule has 1 aromatic rings. The van der Waals surface area contributed by atoms with Crippen LogP contribution in [-0.4, -0.2) is 5.91 Å². The molecule has 0 unspecified atom stereocenters. The number of carbonyl (C=O) groups is 1. The van der Waals surface area contributed by atoms with E-state index in [1.54, 1.807) is 12.1 Å². The molecule has 1 amide bonds. The van der Waals surface area contributed by atoms with Gasteiger partial charge in [-0.25, -0.2) is 0 Å². The van der Waals surface area contributed by atoms with Gasteiger partial charge in [-0.2, -0.15) is 10.5 Å². The van der Waals surface area contributed by atoms with Crippen LogP contribution in [0.5, 0.6) is 0 Å². The average molecular weight is 211 g/mol. The Bertz CT molecular complexity index is 511. The molecule has 2 rings (SSSR count). The number of hydrogen-bond acceptors (Lipinski definition) is 3. The normalized spacial score (nSPS) is 31.1.